The summed E-state index contributed by atoms with van der Waals surface area (Å²) in [6, 6.07) is 5.09. The molecule has 182 valence electrons. The van der Waals surface area contributed by atoms with Crippen molar-refractivity contribution >= 4 is 18.3 Å². The molecule has 2 unspecified atom stereocenters. The second kappa shape index (κ2) is 11.6. The number of carbonyl (C=O) groups excluding carboxylic acids is 1. The number of rotatable bonds is 8. The lowest BCUT2D eigenvalue weighted by Crippen LogP contribution is -2.40. The highest BCUT2D eigenvalue weighted by Gasteiger charge is 2.33. The van der Waals surface area contributed by atoms with Crippen molar-refractivity contribution in [1.82, 2.24) is 15.6 Å². The fourth-order valence-corrected chi connectivity index (χ4v) is 3.26. The summed E-state index contributed by atoms with van der Waals surface area (Å²) >= 11 is 0. The molecule has 6 nitrogen and oxygen atoms in total. The number of nitrogens with one attached hydrogen (secondary N) is 2. The van der Waals surface area contributed by atoms with Crippen LogP contribution in [0.2, 0.25) is 0 Å². The van der Waals surface area contributed by atoms with E-state index in [0.717, 1.165) is 18.2 Å². The Kier molecular flexibility index (Phi) is 9.38. The second-order valence-corrected chi connectivity index (χ2v) is 7.25. The number of methoxy groups -OCH3 is 1. The first kappa shape index (κ1) is 26.7. The van der Waals surface area contributed by atoms with Gasteiger partial charge in [0.2, 0.25) is 11.8 Å². The van der Waals surface area contributed by atoms with E-state index < -0.39 is 35.8 Å². The molecule has 2 heterocycles. The van der Waals surface area contributed by atoms with Crippen LogP contribution < -0.4 is 15.4 Å². The predicted molar refractivity (Wildman–Crippen MR) is 112 cm³/mol. The zero-order valence-corrected chi connectivity index (χ0v) is 18.4. The van der Waals surface area contributed by atoms with Crippen LogP contribution in [0.1, 0.15) is 17.7 Å². The SMILES string of the molecule is COCCOc1nc(C(F)(F)F)ccc1-c1cc(F)cc(CNC(=O)C2CC(F)CN2)c1.Cl. The van der Waals surface area contributed by atoms with Gasteiger partial charge in [0.25, 0.3) is 0 Å². The number of hydrogen-bond acceptors (Lipinski definition) is 5. The monoisotopic (exact) mass is 495 g/mol. The Morgan fingerprint density at radius 3 is 2.64 bits per heavy atom. The smallest absolute Gasteiger partial charge is 0.433 e. The number of hydrogen-bond donors (Lipinski definition) is 2. The maximum absolute atomic E-state index is 14.3. The summed E-state index contributed by atoms with van der Waals surface area (Å²) in [6.45, 7) is 0.106. The van der Waals surface area contributed by atoms with Crippen molar-refractivity contribution in [3.63, 3.8) is 0 Å². The normalized spacial score (nSPS) is 18.0. The van der Waals surface area contributed by atoms with E-state index in [-0.39, 0.29) is 62.1 Å². The molecule has 12 heteroatoms. The van der Waals surface area contributed by atoms with Crippen LogP contribution in [0.3, 0.4) is 0 Å². The first-order chi connectivity index (χ1) is 15.2. The fraction of sp³-hybridized carbons (Fsp3) is 0.429. The average molecular weight is 496 g/mol. The zero-order chi connectivity index (χ0) is 23.3. The van der Waals surface area contributed by atoms with E-state index in [1.54, 1.807) is 0 Å². The highest BCUT2D eigenvalue weighted by Crippen LogP contribution is 2.35. The molecule has 0 radical (unpaired) electrons. The number of benzene rings is 1. The molecule has 1 aliphatic rings. The molecule has 2 N–H and O–H groups in total. The quantitative estimate of drug-likeness (QED) is 0.432. The zero-order valence-electron chi connectivity index (χ0n) is 17.5. The van der Waals surface area contributed by atoms with Gasteiger partial charge in [0.1, 0.15) is 24.3 Å². The van der Waals surface area contributed by atoms with Gasteiger partial charge in [-0.3, -0.25) is 4.79 Å². The van der Waals surface area contributed by atoms with Crippen molar-refractivity contribution in [3.05, 3.63) is 47.4 Å². The van der Waals surface area contributed by atoms with Gasteiger partial charge in [-0.2, -0.15) is 13.2 Å². The number of ether oxygens (including phenoxy) is 2. The Balaban J connectivity index is 0.00000385. The van der Waals surface area contributed by atoms with Crippen molar-refractivity contribution in [2.45, 2.75) is 31.4 Å². The van der Waals surface area contributed by atoms with E-state index in [2.05, 4.69) is 15.6 Å². The van der Waals surface area contributed by atoms with Crippen LogP contribution >= 0.6 is 12.4 Å². The topological polar surface area (TPSA) is 72.5 Å². The van der Waals surface area contributed by atoms with E-state index in [1.165, 1.54) is 19.2 Å². The minimum atomic E-state index is -4.68. The predicted octanol–water partition coefficient (Wildman–Crippen LogP) is 3.67. The summed E-state index contributed by atoms with van der Waals surface area (Å²) in [5.74, 6) is -1.39. The van der Waals surface area contributed by atoms with Crippen molar-refractivity contribution in [2.24, 2.45) is 0 Å². The summed E-state index contributed by atoms with van der Waals surface area (Å²) in [6.07, 6.45) is -5.72. The van der Waals surface area contributed by atoms with Gasteiger partial charge < -0.3 is 20.1 Å². The molecule has 0 saturated carbocycles. The van der Waals surface area contributed by atoms with Crippen molar-refractivity contribution in [3.8, 4) is 17.0 Å². The van der Waals surface area contributed by atoms with E-state index in [4.69, 9.17) is 9.47 Å². The molecule has 1 aromatic carbocycles. The van der Waals surface area contributed by atoms with Gasteiger partial charge in [0.05, 0.1) is 12.6 Å². The minimum absolute atomic E-state index is 0. The summed E-state index contributed by atoms with van der Waals surface area (Å²) < 4.78 is 76.9. The van der Waals surface area contributed by atoms with Gasteiger partial charge in [-0.15, -0.1) is 12.4 Å². The van der Waals surface area contributed by atoms with E-state index in [9.17, 15) is 26.7 Å². The Labute approximate surface area is 193 Å². The third-order valence-electron chi connectivity index (χ3n) is 4.81. The summed E-state index contributed by atoms with van der Waals surface area (Å²) in [4.78, 5) is 15.7. The number of carbonyl (C=O) groups is 1. The molecule has 3 rings (SSSR count). The molecule has 0 aliphatic carbocycles. The van der Waals surface area contributed by atoms with E-state index >= 15 is 0 Å². The Morgan fingerprint density at radius 2 is 2.00 bits per heavy atom. The number of aromatic nitrogens is 1. The van der Waals surface area contributed by atoms with Gasteiger partial charge in [-0.05, 0) is 41.5 Å². The minimum Gasteiger partial charge on any atom is -0.475 e. The van der Waals surface area contributed by atoms with Crippen LogP contribution in [0, 0.1) is 5.82 Å². The second-order valence-electron chi connectivity index (χ2n) is 7.25. The molecule has 0 bridgehead atoms. The van der Waals surface area contributed by atoms with Crippen LogP contribution in [0.4, 0.5) is 22.0 Å². The standard InChI is InChI=1S/C21H22F5N3O3.ClH/c1-31-4-5-32-20-16(2-3-18(29-20)21(24,25)26)13-6-12(7-14(22)8-13)10-28-19(30)17-9-15(23)11-27-17;/h2-3,6-8,15,17,27H,4-5,9-11H2,1H3,(H,28,30);1H. The van der Waals surface area contributed by atoms with Crippen molar-refractivity contribution in [1.29, 1.82) is 0 Å². The lowest BCUT2D eigenvalue weighted by atomic mass is 10.0. The molecule has 1 aliphatic heterocycles. The lowest BCUT2D eigenvalue weighted by Gasteiger charge is -2.15. The van der Waals surface area contributed by atoms with Crippen LogP contribution in [0.15, 0.2) is 30.3 Å². The molecular weight excluding hydrogens is 473 g/mol. The van der Waals surface area contributed by atoms with Crippen molar-refractivity contribution < 1.29 is 36.2 Å². The van der Waals surface area contributed by atoms with Crippen molar-refractivity contribution in [2.75, 3.05) is 26.9 Å². The largest absolute Gasteiger partial charge is 0.475 e. The van der Waals surface area contributed by atoms with Gasteiger partial charge in [0, 0.05) is 32.2 Å². The number of pyridine rings is 1. The molecule has 1 saturated heterocycles. The highest BCUT2D eigenvalue weighted by atomic mass is 35.5. The number of alkyl halides is 4. The molecular formula is C21H23ClF5N3O3. The maximum Gasteiger partial charge on any atom is 0.433 e. The summed E-state index contributed by atoms with van der Waals surface area (Å²) in [7, 11) is 1.41. The summed E-state index contributed by atoms with van der Waals surface area (Å²) in [5, 5.41) is 5.36. The Hall–Kier alpha value is -2.50. The van der Waals surface area contributed by atoms with Gasteiger partial charge >= 0.3 is 6.18 Å². The highest BCUT2D eigenvalue weighted by molar-refractivity contribution is 5.85. The molecule has 2 atom stereocenters. The molecule has 2 aromatic rings. The van der Waals surface area contributed by atoms with E-state index in [0.29, 0.717) is 5.56 Å². The van der Waals surface area contributed by atoms with Crippen LogP contribution in [0.25, 0.3) is 11.1 Å². The lowest BCUT2D eigenvalue weighted by molar-refractivity contribution is -0.141. The van der Waals surface area contributed by atoms with Gasteiger partial charge in [0.15, 0.2) is 0 Å². The maximum atomic E-state index is 14.3. The first-order valence-corrected chi connectivity index (χ1v) is 9.82. The molecule has 1 fully saturated rings. The average Bonchev–Trinajstić information content (AvgIpc) is 3.17. The molecule has 33 heavy (non-hydrogen) atoms. The Morgan fingerprint density at radius 1 is 1.24 bits per heavy atom. The van der Waals surface area contributed by atoms with Gasteiger partial charge in [-0.1, -0.05) is 0 Å². The van der Waals surface area contributed by atoms with Gasteiger partial charge in [-0.25, -0.2) is 13.8 Å². The molecule has 1 aromatic heterocycles. The van der Waals surface area contributed by atoms with E-state index in [1.807, 2.05) is 0 Å². The molecule has 1 amide bonds. The number of amides is 1. The Bertz CT molecular complexity index is 961. The fourth-order valence-electron chi connectivity index (χ4n) is 3.26. The van der Waals surface area contributed by atoms with Crippen LogP contribution in [-0.4, -0.2) is 50.0 Å². The van der Waals surface area contributed by atoms with Crippen LogP contribution in [0.5, 0.6) is 5.88 Å². The summed E-state index contributed by atoms with van der Waals surface area (Å²) in [5.41, 5.74) is -0.400. The third-order valence-corrected chi connectivity index (χ3v) is 4.81. The number of halogens is 6. The number of nitrogens with zero attached hydrogens (tertiary/aromatic N) is 1. The molecule has 0 spiro atoms. The third kappa shape index (κ3) is 7.24. The first-order valence-electron chi connectivity index (χ1n) is 9.82. The van der Waals surface area contributed by atoms with Crippen LogP contribution in [-0.2, 0) is 22.3 Å².